The third-order valence-corrected chi connectivity index (χ3v) is 9.07. The fraction of sp³-hybridized carbons (Fsp3) is 0. The van der Waals surface area contributed by atoms with Crippen molar-refractivity contribution in [1.29, 1.82) is 0 Å². The molecule has 3 nitrogen and oxygen atoms in total. The van der Waals surface area contributed by atoms with Crippen molar-refractivity contribution in [3.63, 3.8) is 0 Å². The maximum Gasteiger partial charge on any atom is 0.0802 e. The normalized spacial score (nSPS) is 12.3. The summed E-state index contributed by atoms with van der Waals surface area (Å²) in [7, 11) is 0. The van der Waals surface area contributed by atoms with E-state index < -0.39 is 0 Å². The highest BCUT2D eigenvalue weighted by Crippen LogP contribution is 2.50. The first kappa shape index (κ1) is 22.1. The number of hydrogen-bond acceptors (Lipinski definition) is 1. The zero-order chi connectivity index (χ0) is 27.4. The van der Waals surface area contributed by atoms with E-state index >= 15 is 0 Å². The fourth-order valence-electron chi connectivity index (χ4n) is 7.42. The topological polar surface area (TPSA) is 22.8 Å². The SMILES string of the molecule is c1ccc2c(c1)-c1cccnc1-c1cc3c4ccccc4n(-c4cccc5ccccc45)c3c3c4ccccc4n-2c13. The van der Waals surface area contributed by atoms with Gasteiger partial charge in [-0.05, 0) is 41.8 Å². The Balaban J connectivity index is 1.54. The van der Waals surface area contributed by atoms with E-state index in [1.54, 1.807) is 0 Å². The van der Waals surface area contributed by atoms with E-state index in [1.165, 1.54) is 82.4 Å². The Kier molecular flexibility index (Phi) is 4.18. The second kappa shape index (κ2) is 7.96. The van der Waals surface area contributed by atoms with Gasteiger partial charge >= 0.3 is 0 Å². The average Bonchev–Trinajstić information content (AvgIpc) is 3.53. The molecule has 1 aliphatic rings. The van der Waals surface area contributed by atoms with Crippen LogP contribution in [0.1, 0.15) is 0 Å². The first-order valence-electron chi connectivity index (χ1n) is 14.4. The summed E-state index contributed by atoms with van der Waals surface area (Å²) in [6.07, 6.45) is 1.93. The van der Waals surface area contributed by atoms with Crippen LogP contribution in [0.15, 0.2) is 140 Å². The number of fused-ring (bicyclic) bond motifs is 13. The van der Waals surface area contributed by atoms with Crippen LogP contribution in [0, 0.1) is 0 Å². The monoisotopic (exact) mass is 533 g/mol. The van der Waals surface area contributed by atoms with Crippen molar-refractivity contribution in [3.05, 3.63) is 140 Å². The van der Waals surface area contributed by atoms with Crippen molar-refractivity contribution in [2.45, 2.75) is 0 Å². The lowest BCUT2D eigenvalue weighted by molar-refractivity contribution is 1.18. The zero-order valence-electron chi connectivity index (χ0n) is 22.6. The predicted molar refractivity (Wildman–Crippen MR) is 175 cm³/mol. The molecule has 194 valence electrons. The van der Waals surface area contributed by atoms with Gasteiger partial charge < -0.3 is 9.13 Å². The summed E-state index contributed by atoms with van der Waals surface area (Å²) in [4.78, 5) is 5.04. The van der Waals surface area contributed by atoms with Crippen LogP contribution in [0.25, 0.3) is 88.1 Å². The van der Waals surface area contributed by atoms with Gasteiger partial charge in [0.15, 0.2) is 0 Å². The van der Waals surface area contributed by atoms with Gasteiger partial charge in [0, 0.05) is 49.8 Å². The van der Waals surface area contributed by atoms with Crippen LogP contribution in [-0.4, -0.2) is 14.1 Å². The van der Waals surface area contributed by atoms with Gasteiger partial charge in [-0.15, -0.1) is 0 Å². The van der Waals surface area contributed by atoms with E-state index in [2.05, 4.69) is 143 Å². The van der Waals surface area contributed by atoms with Gasteiger partial charge in [-0.2, -0.15) is 0 Å². The molecule has 0 spiro atoms. The Bertz CT molecular complexity index is 2580. The first-order chi connectivity index (χ1) is 20.9. The van der Waals surface area contributed by atoms with Crippen LogP contribution in [0.5, 0.6) is 0 Å². The number of rotatable bonds is 1. The summed E-state index contributed by atoms with van der Waals surface area (Å²) in [6.45, 7) is 0. The van der Waals surface area contributed by atoms with Gasteiger partial charge in [0.1, 0.15) is 0 Å². The number of nitrogens with zero attached hydrogens (tertiary/aromatic N) is 3. The lowest BCUT2D eigenvalue weighted by atomic mass is 9.96. The van der Waals surface area contributed by atoms with Crippen LogP contribution in [0.2, 0.25) is 0 Å². The lowest BCUT2D eigenvalue weighted by Crippen LogP contribution is -1.97. The van der Waals surface area contributed by atoms with Crippen LogP contribution in [0.3, 0.4) is 0 Å². The summed E-state index contributed by atoms with van der Waals surface area (Å²) in [5.41, 5.74) is 11.8. The molecule has 0 radical (unpaired) electrons. The molecule has 1 aliphatic heterocycles. The molecule has 0 aliphatic carbocycles. The van der Waals surface area contributed by atoms with E-state index in [-0.39, 0.29) is 0 Å². The molecule has 0 atom stereocenters. The van der Waals surface area contributed by atoms with E-state index in [0.29, 0.717) is 0 Å². The second-order valence-corrected chi connectivity index (χ2v) is 11.2. The minimum absolute atomic E-state index is 1.03. The van der Waals surface area contributed by atoms with Crippen LogP contribution in [0.4, 0.5) is 0 Å². The van der Waals surface area contributed by atoms with Crippen molar-refractivity contribution in [2.75, 3.05) is 0 Å². The Morgan fingerprint density at radius 2 is 1.07 bits per heavy atom. The van der Waals surface area contributed by atoms with Crippen LogP contribution in [-0.2, 0) is 0 Å². The molecule has 10 rings (SSSR count). The second-order valence-electron chi connectivity index (χ2n) is 11.2. The Hall–Kier alpha value is -5.67. The van der Waals surface area contributed by atoms with Crippen molar-refractivity contribution in [1.82, 2.24) is 14.1 Å². The molecule has 0 unspecified atom stereocenters. The summed E-state index contributed by atoms with van der Waals surface area (Å²) >= 11 is 0. The van der Waals surface area contributed by atoms with E-state index in [0.717, 1.165) is 5.69 Å². The molecule has 0 amide bonds. The number of aromatic nitrogens is 3. The number of hydrogen-bond donors (Lipinski definition) is 0. The van der Waals surface area contributed by atoms with Crippen molar-refractivity contribution < 1.29 is 0 Å². The van der Waals surface area contributed by atoms with E-state index in [4.69, 9.17) is 4.98 Å². The van der Waals surface area contributed by atoms with Gasteiger partial charge in [0.05, 0.1) is 39.1 Å². The highest BCUT2D eigenvalue weighted by Gasteiger charge is 2.29. The molecule has 0 saturated heterocycles. The molecule has 3 heteroatoms. The molecule has 6 aromatic carbocycles. The molecule has 0 saturated carbocycles. The third kappa shape index (κ3) is 2.68. The highest BCUT2D eigenvalue weighted by molar-refractivity contribution is 6.30. The van der Waals surface area contributed by atoms with Gasteiger partial charge in [-0.1, -0.05) is 97.1 Å². The number of pyridine rings is 1. The van der Waals surface area contributed by atoms with Gasteiger partial charge in [0.2, 0.25) is 0 Å². The summed E-state index contributed by atoms with van der Waals surface area (Å²) in [5, 5.41) is 7.47. The maximum absolute atomic E-state index is 5.04. The molecule has 0 fully saturated rings. The van der Waals surface area contributed by atoms with Gasteiger partial charge in [-0.25, -0.2) is 0 Å². The molecule has 0 N–H and O–H groups in total. The van der Waals surface area contributed by atoms with Crippen LogP contribution >= 0.6 is 0 Å². The first-order valence-corrected chi connectivity index (χ1v) is 14.4. The number of benzene rings is 6. The Morgan fingerprint density at radius 1 is 0.429 bits per heavy atom. The minimum Gasteiger partial charge on any atom is -0.308 e. The smallest absolute Gasteiger partial charge is 0.0802 e. The number of para-hydroxylation sites is 3. The fourth-order valence-corrected chi connectivity index (χ4v) is 7.42. The molecular weight excluding hydrogens is 510 g/mol. The van der Waals surface area contributed by atoms with E-state index in [9.17, 15) is 0 Å². The molecule has 3 aromatic heterocycles. The van der Waals surface area contributed by atoms with Crippen molar-refractivity contribution >= 4 is 54.4 Å². The highest BCUT2D eigenvalue weighted by atomic mass is 15.0. The predicted octanol–water partition coefficient (Wildman–Crippen LogP) is 10.1. The summed E-state index contributed by atoms with van der Waals surface area (Å²) < 4.78 is 4.97. The third-order valence-electron chi connectivity index (χ3n) is 9.07. The maximum atomic E-state index is 5.04. The molecular formula is C39H23N3. The van der Waals surface area contributed by atoms with Gasteiger partial charge in [-0.3, -0.25) is 4.98 Å². The average molecular weight is 534 g/mol. The van der Waals surface area contributed by atoms with Crippen molar-refractivity contribution in [2.24, 2.45) is 0 Å². The van der Waals surface area contributed by atoms with Crippen molar-refractivity contribution in [3.8, 4) is 33.8 Å². The van der Waals surface area contributed by atoms with Gasteiger partial charge in [0.25, 0.3) is 0 Å². The standard InChI is InChI=1S/C39H23N3/c1-2-13-25-24(11-1)12-9-21-32(25)41-34-19-7-4-15-27(34)30-23-31-37-28(17-10-22-40-37)26-14-3-6-18-33(26)42-35-20-8-5-16-29(35)36(38(30)41)39(31)42/h1-23H. The Labute approximate surface area is 241 Å². The zero-order valence-corrected chi connectivity index (χ0v) is 22.6. The Morgan fingerprint density at radius 3 is 1.98 bits per heavy atom. The molecule has 9 aromatic rings. The van der Waals surface area contributed by atoms with Crippen LogP contribution < -0.4 is 0 Å². The lowest BCUT2D eigenvalue weighted by Gasteiger charge is -2.13. The molecule has 42 heavy (non-hydrogen) atoms. The largest absolute Gasteiger partial charge is 0.308 e. The molecule has 4 heterocycles. The quantitative estimate of drug-likeness (QED) is 0.206. The minimum atomic E-state index is 1.03. The molecule has 0 bridgehead atoms. The summed E-state index contributed by atoms with van der Waals surface area (Å²) in [6, 6.07) is 48.5. The summed E-state index contributed by atoms with van der Waals surface area (Å²) in [5.74, 6) is 0. The van der Waals surface area contributed by atoms with E-state index in [1.807, 2.05) is 6.20 Å².